The summed E-state index contributed by atoms with van der Waals surface area (Å²) in [6.45, 7) is 3.64. The summed E-state index contributed by atoms with van der Waals surface area (Å²) in [4.78, 5) is 12.4. The minimum Gasteiger partial charge on any atom is -0.486 e. The lowest BCUT2D eigenvalue weighted by Crippen LogP contribution is -2.25. The lowest BCUT2D eigenvalue weighted by atomic mass is 10.2. The zero-order chi connectivity index (χ0) is 19.1. The molecule has 1 N–H and O–H groups in total. The molecule has 140 valence electrons. The van der Waals surface area contributed by atoms with Crippen LogP contribution in [0.15, 0.2) is 18.2 Å². The number of hydrogen-bond donors (Lipinski definition) is 1. The van der Waals surface area contributed by atoms with Crippen LogP contribution >= 0.6 is 11.6 Å². The molecule has 6 nitrogen and oxygen atoms in total. The van der Waals surface area contributed by atoms with Gasteiger partial charge in [-0.25, -0.2) is 0 Å². The number of ether oxygens (including phenoxy) is 2. The van der Waals surface area contributed by atoms with E-state index in [0.717, 1.165) is 4.68 Å². The van der Waals surface area contributed by atoms with Crippen molar-refractivity contribution in [2.24, 2.45) is 0 Å². The molecular formula is C16H15ClF3N3O3. The maximum atomic E-state index is 12.9. The van der Waals surface area contributed by atoms with Crippen molar-refractivity contribution in [2.75, 3.05) is 18.5 Å². The minimum absolute atomic E-state index is 0.0591. The van der Waals surface area contributed by atoms with Crippen LogP contribution in [0, 0.1) is 6.92 Å². The summed E-state index contributed by atoms with van der Waals surface area (Å²) in [7, 11) is 0. The molecular weight excluding hydrogens is 375 g/mol. The fourth-order valence-electron chi connectivity index (χ4n) is 2.54. The number of nitrogens with zero attached hydrogens (tertiary/aromatic N) is 2. The van der Waals surface area contributed by atoms with Gasteiger partial charge < -0.3 is 14.8 Å². The molecule has 0 saturated heterocycles. The minimum atomic E-state index is -4.70. The number of halogens is 4. The van der Waals surface area contributed by atoms with E-state index in [2.05, 4.69) is 10.4 Å². The maximum Gasteiger partial charge on any atom is 0.436 e. The number of aromatic nitrogens is 2. The van der Waals surface area contributed by atoms with E-state index >= 15 is 0 Å². The first-order chi connectivity index (χ1) is 12.2. The van der Waals surface area contributed by atoms with Gasteiger partial charge in [0, 0.05) is 11.8 Å². The van der Waals surface area contributed by atoms with E-state index in [-0.39, 0.29) is 5.69 Å². The first kappa shape index (κ1) is 18.4. The van der Waals surface area contributed by atoms with E-state index in [1.54, 1.807) is 18.2 Å². The van der Waals surface area contributed by atoms with Gasteiger partial charge in [0.15, 0.2) is 17.2 Å². The predicted octanol–water partition coefficient (Wildman–Crippen LogP) is 3.83. The fourth-order valence-corrected chi connectivity index (χ4v) is 2.77. The zero-order valence-electron chi connectivity index (χ0n) is 13.9. The third kappa shape index (κ3) is 3.44. The van der Waals surface area contributed by atoms with Crippen molar-refractivity contribution < 1.29 is 27.4 Å². The Bertz CT molecular complexity index is 851. The van der Waals surface area contributed by atoms with Gasteiger partial charge in [-0.15, -0.1) is 0 Å². The highest BCUT2D eigenvalue weighted by atomic mass is 35.5. The van der Waals surface area contributed by atoms with Crippen LogP contribution in [-0.4, -0.2) is 28.9 Å². The Kier molecular flexibility index (Phi) is 4.74. The van der Waals surface area contributed by atoms with Crippen LogP contribution in [0.4, 0.5) is 18.9 Å². The van der Waals surface area contributed by atoms with E-state index in [9.17, 15) is 18.0 Å². The summed E-state index contributed by atoms with van der Waals surface area (Å²) in [5.41, 5.74) is -0.725. The molecule has 0 saturated carbocycles. The van der Waals surface area contributed by atoms with Crippen LogP contribution in [-0.2, 0) is 11.0 Å². The molecule has 1 atom stereocenters. The number of anilines is 1. The number of amides is 1. The van der Waals surface area contributed by atoms with Gasteiger partial charge in [-0.2, -0.15) is 18.3 Å². The molecule has 1 aromatic heterocycles. The van der Waals surface area contributed by atoms with Crippen LogP contribution in [0.5, 0.6) is 11.5 Å². The molecule has 1 aliphatic heterocycles. The topological polar surface area (TPSA) is 65.4 Å². The van der Waals surface area contributed by atoms with Crippen molar-refractivity contribution in [3.63, 3.8) is 0 Å². The van der Waals surface area contributed by atoms with Gasteiger partial charge in [-0.05, 0) is 26.0 Å². The zero-order valence-corrected chi connectivity index (χ0v) is 14.6. The second kappa shape index (κ2) is 6.71. The largest absolute Gasteiger partial charge is 0.486 e. The summed E-state index contributed by atoms with van der Waals surface area (Å²) in [5, 5.41) is 5.58. The van der Waals surface area contributed by atoms with Crippen molar-refractivity contribution in [1.82, 2.24) is 9.78 Å². The third-order valence-corrected chi connectivity index (χ3v) is 4.35. The van der Waals surface area contributed by atoms with Gasteiger partial charge in [-0.1, -0.05) is 11.6 Å². The van der Waals surface area contributed by atoms with Gasteiger partial charge in [0.2, 0.25) is 5.91 Å². The number of nitrogens with one attached hydrogen (secondary N) is 1. The molecule has 0 fully saturated rings. The Labute approximate surface area is 151 Å². The Balaban J connectivity index is 1.80. The number of carbonyl (C=O) groups is 1. The fraction of sp³-hybridized carbons (Fsp3) is 0.375. The third-order valence-electron chi connectivity index (χ3n) is 3.90. The molecule has 1 unspecified atom stereocenters. The molecule has 0 spiro atoms. The second-order valence-corrected chi connectivity index (χ2v) is 6.09. The number of fused-ring (bicyclic) bond motifs is 1. The summed E-state index contributed by atoms with van der Waals surface area (Å²) < 4.78 is 50.6. The molecule has 2 heterocycles. The number of hydrogen-bond acceptors (Lipinski definition) is 4. The van der Waals surface area contributed by atoms with Gasteiger partial charge in [-0.3, -0.25) is 9.48 Å². The highest BCUT2D eigenvalue weighted by molar-refractivity contribution is 6.32. The summed E-state index contributed by atoms with van der Waals surface area (Å²) in [5.74, 6) is 0.504. The summed E-state index contributed by atoms with van der Waals surface area (Å²) >= 11 is 5.72. The molecule has 3 rings (SSSR count). The highest BCUT2D eigenvalue weighted by Gasteiger charge is 2.39. The van der Waals surface area contributed by atoms with Crippen LogP contribution in [0.25, 0.3) is 0 Å². The number of rotatable bonds is 3. The Hall–Kier alpha value is -2.42. The van der Waals surface area contributed by atoms with Crippen LogP contribution in [0.3, 0.4) is 0 Å². The van der Waals surface area contributed by atoms with Gasteiger partial charge >= 0.3 is 6.18 Å². The molecule has 10 heteroatoms. The van der Waals surface area contributed by atoms with Gasteiger partial charge in [0.05, 0.1) is 10.7 Å². The van der Waals surface area contributed by atoms with E-state index in [1.165, 1.54) is 13.8 Å². The monoisotopic (exact) mass is 389 g/mol. The van der Waals surface area contributed by atoms with Crippen molar-refractivity contribution in [2.45, 2.75) is 26.1 Å². The first-order valence-corrected chi connectivity index (χ1v) is 8.08. The molecule has 26 heavy (non-hydrogen) atoms. The van der Waals surface area contributed by atoms with Crippen molar-refractivity contribution in [1.29, 1.82) is 0 Å². The molecule has 1 amide bonds. The second-order valence-electron chi connectivity index (χ2n) is 5.71. The van der Waals surface area contributed by atoms with Gasteiger partial charge in [0.25, 0.3) is 0 Å². The molecule has 0 radical (unpaired) electrons. The SMILES string of the molecule is Cc1c(Cl)c(C(F)(F)F)nn1C(C)C(=O)Nc1ccc2c(c1)OCCO2. The van der Waals surface area contributed by atoms with Gasteiger partial charge in [0.1, 0.15) is 19.3 Å². The molecule has 0 aliphatic carbocycles. The molecule has 1 aliphatic rings. The van der Waals surface area contributed by atoms with Crippen LogP contribution in [0.1, 0.15) is 24.4 Å². The van der Waals surface area contributed by atoms with Crippen molar-refractivity contribution in [3.05, 3.63) is 34.6 Å². The Morgan fingerprint density at radius 2 is 1.96 bits per heavy atom. The number of benzene rings is 1. The van der Waals surface area contributed by atoms with Crippen LogP contribution < -0.4 is 14.8 Å². The van der Waals surface area contributed by atoms with Crippen molar-refractivity contribution >= 4 is 23.2 Å². The van der Waals surface area contributed by atoms with E-state index in [4.69, 9.17) is 21.1 Å². The smallest absolute Gasteiger partial charge is 0.436 e. The molecule has 2 aromatic rings. The average Bonchev–Trinajstić information content (AvgIpc) is 2.89. The summed E-state index contributed by atoms with van der Waals surface area (Å²) in [6.07, 6.45) is -4.70. The van der Waals surface area contributed by atoms with E-state index in [1.807, 2.05) is 0 Å². The average molecular weight is 390 g/mol. The molecule has 0 bridgehead atoms. The lowest BCUT2D eigenvalue weighted by molar-refractivity contribution is -0.141. The quantitative estimate of drug-likeness (QED) is 0.866. The predicted molar refractivity (Wildman–Crippen MR) is 87.7 cm³/mol. The maximum absolute atomic E-state index is 12.9. The molecule has 1 aromatic carbocycles. The van der Waals surface area contributed by atoms with Crippen molar-refractivity contribution in [3.8, 4) is 11.5 Å². The Morgan fingerprint density at radius 1 is 1.31 bits per heavy atom. The van der Waals surface area contributed by atoms with E-state index in [0.29, 0.717) is 30.4 Å². The standard InChI is InChI=1S/C16H15ClF3N3O3/c1-8-13(17)14(16(18,19)20)22-23(8)9(2)15(24)21-10-3-4-11-12(7-10)26-6-5-25-11/h3-4,7,9H,5-6H2,1-2H3,(H,21,24). The number of alkyl halides is 3. The van der Waals surface area contributed by atoms with Crippen LogP contribution in [0.2, 0.25) is 5.02 Å². The highest BCUT2D eigenvalue weighted by Crippen LogP contribution is 2.36. The Morgan fingerprint density at radius 3 is 2.58 bits per heavy atom. The summed E-state index contributed by atoms with van der Waals surface area (Å²) in [6, 6.07) is 3.84. The first-order valence-electron chi connectivity index (χ1n) is 7.71. The normalized spacial score (nSPS) is 14.8. The van der Waals surface area contributed by atoms with E-state index < -0.39 is 28.8 Å². The lowest BCUT2D eigenvalue weighted by Gasteiger charge is -2.20. The number of carbonyl (C=O) groups excluding carboxylic acids is 1.